The summed E-state index contributed by atoms with van der Waals surface area (Å²) in [5.74, 6) is -0.202. The van der Waals surface area contributed by atoms with Crippen LogP contribution in [0.4, 0.5) is 5.69 Å². The molecule has 1 unspecified atom stereocenters. The van der Waals surface area contributed by atoms with Crippen molar-refractivity contribution >= 4 is 33.4 Å². The Hall–Kier alpha value is -4.03. The lowest BCUT2D eigenvalue weighted by molar-refractivity contribution is 0.102. The molecule has 2 aromatic heterocycles. The fraction of sp³-hybridized carbons (Fsp3) is 0.0800. The number of H-pyrrole nitrogens is 1. The largest absolute Gasteiger partial charge is 0.324 e. The second kappa shape index (κ2) is 7.66. The summed E-state index contributed by atoms with van der Waals surface area (Å²) in [6.45, 7) is 1.95. The molecule has 0 aliphatic carbocycles. The Labute approximate surface area is 179 Å². The summed E-state index contributed by atoms with van der Waals surface area (Å²) in [6.07, 6.45) is 3.29. The van der Waals surface area contributed by atoms with E-state index in [2.05, 4.69) is 50.8 Å². The van der Waals surface area contributed by atoms with Gasteiger partial charge in [-0.2, -0.15) is 5.10 Å². The molecule has 0 aliphatic heterocycles. The van der Waals surface area contributed by atoms with Gasteiger partial charge in [-0.25, -0.2) is 4.98 Å². The van der Waals surface area contributed by atoms with Crippen molar-refractivity contribution in [3.63, 3.8) is 0 Å². The molecule has 0 bridgehead atoms. The molecule has 0 spiro atoms. The van der Waals surface area contributed by atoms with E-state index in [0.717, 1.165) is 27.5 Å². The minimum atomic E-state index is -0.202. The summed E-state index contributed by atoms with van der Waals surface area (Å²) in [4.78, 5) is 17.3. The second-order valence-corrected chi connectivity index (χ2v) is 7.60. The van der Waals surface area contributed by atoms with Crippen LogP contribution in [-0.4, -0.2) is 21.1 Å². The number of carbonyl (C=O) groups excluding carboxylic acids is 1. The molecule has 6 nitrogen and oxygen atoms in total. The third-order valence-corrected chi connectivity index (χ3v) is 5.47. The number of anilines is 1. The van der Waals surface area contributed by atoms with Crippen LogP contribution in [0.15, 0.2) is 79.1 Å². The molecule has 6 heteroatoms. The Morgan fingerprint density at radius 2 is 1.87 bits per heavy atom. The number of fused-ring (bicyclic) bond motifs is 2. The highest BCUT2D eigenvalue weighted by Crippen LogP contribution is 2.31. The average Bonchev–Trinajstić information content (AvgIpc) is 3.28. The number of aromatic nitrogens is 3. The summed E-state index contributed by atoms with van der Waals surface area (Å²) >= 11 is 0. The molecular weight excluding hydrogens is 386 g/mol. The van der Waals surface area contributed by atoms with Gasteiger partial charge in [0.1, 0.15) is 0 Å². The number of nitrogens with one attached hydrogen (secondary N) is 2. The van der Waals surface area contributed by atoms with E-state index in [1.165, 1.54) is 5.39 Å². The van der Waals surface area contributed by atoms with Gasteiger partial charge in [0, 0.05) is 17.8 Å². The summed E-state index contributed by atoms with van der Waals surface area (Å²) in [5.41, 5.74) is 11.1. The van der Waals surface area contributed by atoms with Crippen molar-refractivity contribution in [1.29, 1.82) is 0 Å². The zero-order valence-electron chi connectivity index (χ0n) is 17.0. The fourth-order valence-electron chi connectivity index (χ4n) is 3.86. The Morgan fingerprint density at radius 3 is 2.71 bits per heavy atom. The van der Waals surface area contributed by atoms with Crippen LogP contribution >= 0.6 is 0 Å². The number of rotatable bonds is 4. The predicted molar refractivity (Wildman–Crippen MR) is 124 cm³/mol. The van der Waals surface area contributed by atoms with Crippen molar-refractivity contribution in [2.24, 2.45) is 5.73 Å². The number of nitrogens with zero attached hydrogens (tertiary/aromatic N) is 2. The molecule has 5 rings (SSSR count). The standard InChI is InChI=1S/C25H21N5O/c1-15(26)20-9-8-19(25(31)29-23-10-11-27-24-22(23)14-28-30-24)13-21(20)18-7-6-16-4-2-3-5-17(16)12-18/h2-15H,26H2,1H3,(H2,27,28,29,30,31). The molecule has 0 fully saturated rings. The van der Waals surface area contributed by atoms with Crippen molar-refractivity contribution in [1.82, 2.24) is 15.2 Å². The lowest BCUT2D eigenvalue weighted by atomic mass is 9.92. The van der Waals surface area contributed by atoms with Crippen molar-refractivity contribution < 1.29 is 4.79 Å². The average molecular weight is 407 g/mol. The lowest BCUT2D eigenvalue weighted by Crippen LogP contribution is -2.14. The maximum Gasteiger partial charge on any atom is 0.255 e. The van der Waals surface area contributed by atoms with Gasteiger partial charge < -0.3 is 11.1 Å². The van der Waals surface area contributed by atoms with E-state index in [1.54, 1.807) is 18.5 Å². The first-order chi connectivity index (χ1) is 15.1. The molecule has 0 aliphatic rings. The van der Waals surface area contributed by atoms with Gasteiger partial charge in [-0.1, -0.05) is 42.5 Å². The van der Waals surface area contributed by atoms with Crippen molar-refractivity contribution in [3.05, 3.63) is 90.3 Å². The number of amides is 1. The number of nitrogens with two attached hydrogens (primary N) is 1. The van der Waals surface area contributed by atoms with Crippen LogP contribution in [0.5, 0.6) is 0 Å². The molecule has 0 saturated carbocycles. The predicted octanol–water partition coefficient (Wildman–Crippen LogP) is 5.05. The summed E-state index contributed by atoms with van der Waals surface area (Å²) < 4.78 is 0. The first kappa shape index (κ1) is 19.0. The SMILES string of the molecule is CC(N)c1ccc(C(=O)Nc2ccnc3[nH]ncc23)cc1-c1ccc2ccccc2c1. The number of carbonyl (C=O) groups is 1. The topological polar surface area (TPSA) is 96.7 Å². The van der Waals surface area contributed by atoms with Gasteiger partial charge in [0.05, 0.1) is 17.3 Å². The number of hydrogen-bond acceptors (Lipinski definition) is 4. The maximum atomic E-state index is 13.1. The summed E-state index contributed by atoms with van der Waals surface area (Å²) in [5, 5.41) is 12.9. The van der Waals surface area contributed by atoms with Gasteiger partial charge >= 0.3 is 0 Å². The van der Waals surface area contributed by atoms with Gasteiger partial charge in [0.15, 0.2) is 5.65 Å². The van der Waals surface area contributed by atoms with Crippen LogP contribution in [0.3, 0.4) is 0 Å². The van der Waals surface area contributed by atoms with E-state index in [9.17, 15) is 4.79 Å². The van der Waals surface area contributed by atoms with Crippen LogP contribution < -0.4 is 11.1 Å². The zero-order chi connectivity index (χ0) is 21.4. The molecule has 5 aromatic rings. The van der Waals surface area contributed by atoms with E-state index in [0.29, 0.717) is 16.9 Å². The van der Waals surface area contributed by atoms with Gasteiger partial charge in [-0.3, -0.25) is 9.89 Å². The Bertz CT molecular complexity index is 1420. The monoisotopic (exact) mass is 407 g/mol. The van der Waals surface area contributed by atoms with Crippen molar-refractivity contribution in [3.8, 4) is 11.1 Å². The van der Waals surface area contributed by atoms with Gasteiger partial charge in [-0.05, 0) is 58.7 Å². The van der Waals surface area contributed by atoms with E-state index < -0.39 is 0 Å². The highest BCUT2D eigenvalue weighted by atomic mass is 16.1. The first-order valence-corrected chi connectivity index (χ1v) is 10.1. The number of benzene rings is 3. The number of pyridine rings is 1. The number of hydrogen-bond donors (Lipinski definition) is 3. The molecule has 4 N–H and O–H groups in total. The molecule has 2 heterocycles. The third-order valence-electron chi connectivity index (χ3n) is 5.47. The van der Waals surface area contributed by atoms with Gasteiger partial charge in [0.2, 0.25) is 0 Å². The highest BCUT2D eigenvalue weighted by Gasteiger charge is 2.15. The van der Waals surface area contributed by atoms with Gasteiger partial charge in [0.25, 0.3) is 5.91 Å². The molecular formula is C25H21N5O. The van der Waals surface area contributed by atoms with Crippen LogP contribution in [0, 0.1) is 0 Å². The van der Waals surface area contributed by atoms with E-state index in [1.807, 2.05) is 37.3 Å². The Kier molecular flexibility index (Phi) is 4.69. The van der Waals surface area contributed by atoms with E-state index >= 15 is 0 Å². The maximum absolute atomic E-state index is 13.1. The van der Waals surface area contributed by atoms with E-state index in [4.69, 9.17) is 5.73 Å². The van der Waals surface area contributed by atoms with Gasteiger partial charge in [-0.15, -0.1) is 0 Å². The highest BCUT2D eigenvalue weighted by molar-refractivity contribution is 6.08. The molecule has 0 saturated heterocycles. The molecule has 1 amide bonds. The zero-order valence-corrected chi connectivity index (χ0v) is 17.0. The molecule has 3 aromatic carbocycles. The normalized spacial score (nSPS) is 12.2. The number of aromatic amines is 1. The lowest BCUT2D eigenvalue weighted by Gasteiger charge is -2.16. The summed E-state index contributed by atoms with van der Waals surface area (Å²) in [7, 11) is 0. The molecule has 31 heavy (non-hydrogen) atoms. The molecule has 1 atom stereocenters. The quantitative estimate of drug-likeness (QED) is 0.388. The third kappa shape index (κ3) is 3.53. The fourth-order valence-corrected chi connectivity index (χ4v) is 3.86. The minimum Gasteiger partial charge on any atom is -0.324 e. The van der Waals surface area contributed by atoms with Crippen LogP contribution in [0.2, 0.25) is 0 Å². The Morgan fingerprint density at radius 1 is 1.03 bits per heavy atom. The smallest absolute Gasteiger partial charge is 0.255 e. The van der Waals surface area contributed by atoms with Crippen LogP contribution in [-0.2, 0) is 0 Å². The van der Waals surface area contributed by atoms with Crippen molar-refractivity contribution in [2.75, 3.05) is 5.32 Å². The van der Waals surface area contributed by atoms with Crippen LogP contribution in [0.1, 0.15) is 28.9 Å². The van der Waals surface area contributed by atoms with E-state index in [-0.39, 0.29) is 11.9 Å². The van der Waals surface area contributed by atoms with Crippen LogP contribution in [0.25, 0.3) is 32.9 Å². The van der Waals surface area contributed by atoms with Crippen molar-refractivity contribution in [2.45, 2.75) is 13.0 Å². The minimum absolute atomic E-state index is 0.163. The molecule has 0 radical (unpaired) electrons. The Balaban J connectivity index is 1.55. The molecule has 152 valence electrons. The first-order valence-electron chi connectivity index (χ1n) is 10.1. The summed E-state index contributed by atoms with van der Waals surface area (Å²) in [6, 6.07) is 21.8. The second-order valence-electron chi connectivity index (χ2n) is 7.60.